The van der Waals surface area contributed by atoms with Crippen LogP contribution >= 0.6 is 0 Å². The fourth-order valence-electron chi connectivity index (χ4n) is 1.27. The minimum Gasteiger partial charge on any atom is -0.326 e. The molecule has 3 heteroatoms. The SMILES string of the molecule is CCCC(C)n1cc(CN)cn1. The lowest BCUT2D eigenvalue weighted by Gasteiger charge is -2.09. The lowest BCUT2D eigenvalue weighted by atomic mass is 10.2. The van der Waals surface area contributed by atoms with Crippen molar-refractivity contribution >= 4 is 0 Å². The Morgan fingerprint density at radius 2 is 2.42 bits per heavy atom. The van der Waals surface area contributed by atoms with Crippen molar-refractivity contribution in [3.63, 3.8) is 0 Å². The molecular weight excluding hydrogens is 150 g/mol. The highest BCUT2D eigenvalue weighted by atomic mass is 15.3. The Labute approximate surface area is 73.6 Å². The van der Waals surface area contributed by atoms with E-state index in [0.717, 1.165) is 5.56 Å². The maximum atomic E-state index is 5.48. The fourth-order valence-corrected chi connectivity index (χ4v) is 1.27. The van der Waals surface area contributed by atoms with Gasteiger partial charge >= 0.3 is 0 Å². The van der Waals surface area contributed by atoms with Crippen molar-refractivity contribution in [1.29, 1.82) is 0 Å². The standard InChI is InChI=1S/C9H17N3/c1-3-4-8(2)12-7-9(5-10)6-11-12/h6-8H,3-5,10H2,1-2H3. The van der Waals surface area contributed by atoms with Crippen LogP contribution in [0.5, 0.6) is 0 Å². The number of aromatic nitrogens is 2. The minimum absolute atomic E-state index is 0.496. The zero-order valence-corrected chi connectivity index (χ0v) is 7.83. The predicted octanol–water partition coefficient (Wildman–Crippen LogP) is 1.70. The molecule has 2 N–H and O–H groups in total. The van der Waals surface area contributed by atoms with Crippen molar-refractivity contribution in [1.82, 2.24) is 9.78 Å². The molecule has 0 aliphatic heterocycles. The Kier molecular flexibility index (Phi) is 3.29. The molecule has 0 aromatic carbocycles. The van der Waals surface area contributed by atoms with Gasteiger partial charge in [-0.05, 0) is 13.3 Å². The first-order valence-electron chi connectivity index (χ1n) is 4.51. The van der Waals surface area contributed by atoms with Gasteiger partial charge in [0.1, 0.15) is 0 Å². The van der Waals surface area contributed by atoms with Gasteiger partial charge in [-0.2, -0.15) is 5.10 Å². The van der Waals surface area contributed by atoms with Gasteiger partial charge in [0.25, 0.3) is 0 Å². The summed E-state index contributed by atoms with van der Waals surface area (Å²) in [6, 6.07) is 0.496. The second-order valence-corrected chi connectivity index (χ2v) is 3.17. The molecule has 12 heavy (non-hydrogen) atoms. The van der Waals surface area contributed by atoms with Crippen LogP contribution in [0.3, 0.4) is 0 Å². The Bertz CT molecular complexity index is 229. The zero-order chi connectivity index (χ0) is 8.97. The third-order valence-corrected chi connectivity index (χ3v) is 2.05. The molecule has 0 aliphatic carbocycles. The molecule has 68 valence electrons. The third-order valence-electron chi connectivity index (χ3n) is 2.05. The summed E-state index contributed by atoms with van der Waals surface area (Å²) in [5, 5.41) is 4.24. The summed E-state index contributed by atoms with van der Waals surface area (Å²) >= 11 is 0. The van der Waals surface area contributed by atoms with E-state index in [2.05, 4.69) is 18.9 Å². The van der Waals surface area contributed by atoms with Crippen LogP contribution in [-0.2, 0) is 6.54 Å². The maximum Gasteiger partial charge on any atom is 0.0534 e. The highest BCUT2D eigenvalue weighted by Crippen LogP contribution is 2.11. The van der Waals surface area contributed by atoms with E-state index in [-0.39, 0.29) is 0 Å². The van der Waals surface area contributed by atoms with Crippen molar-refractivity contribution in [2.24, 2.45) is 5.73 Å². The molecule has 3 nitrogen and oxygen atoms in total. The van der Waals surface area contributed by atoms with Crippen LogP contribution in [0.4, 0.5) is 0 Å². The van der Waals surface area contributed by atoms with Crippen molar-refractivity contribution in [3.8, 4) is 0 Å². The molecule has 0 radical (unpaired) electrons. The lowest BCUT2D eigenvalue weighted by Crippen LogP contribution is -2.04. The molecule has 1 aromatic rings. The zero-order valence-electron chi connectivity index (χ0n) is 7.83. The van der Waals surface area contributed by atoms with Crippen LogP contribution in [0.25, 0.3) is 0 Å². The molecule has 1 atom stereocenters. The summed E-state index contributed by atoms with van der Waals surface area (Å²) < 4.78 is 1.99. The Balaban J connectivity index is 2.61. The first kappa shape index (κ1) is 9.26. The lowest BCUT2D eigenvalue weighted by molar-refractivity contribution is 0.454. The summed E-state index contributed by atoms with van der Waals surface area (Å²) in [6.07, 6.45) is 6.23. The molecule has 1 aromatic heterocycles. The molecule has 1 heterocycles. The van der Waals surface area contributed by atoms with E-state index in [1.165, 1.54) is 12.8 Å². The quantitative estimate of drug-likeness (QED) is 0.741. The van der Waals surface area contributed by atoms with E-state index in [4.69, 9.17) is 5.73 Å². The number of nitrogens with zero attached hydrogens (tertiary/aromatic N) is 2. The van der Waals surface area contributed by atoms with Crippen molar-refractivity contribution in [2.75, 3.05) is 0 Å². The van der Waals surface area contributed by atoms with Crippen LogP contribution in [0.1, 0.15) is 38.3 Å². The van der Waals surface area contributed by atoms with Gasteiger partial charge in [0, 0.05) is 24.3 Å². The van der Waals surface area contributed by atoms with Crippen LogP contribution in [-0.4, -0.2) is 9.78 Å². The van der Waals surface area contributed by atoms with Crippen LogP contribution in [0, 0.1) is 0 Å². The molecule has 0 bridgehead atoms. The second-order valence-electron chi connectivity index (χ2n) is 3.17. The van der Waals surface area contributed by atoms with Gasteiger partial charge < -0.3 is 5.73 Å². The van der Waals surface area contributed by atoms with Crippen molar-refractivity contribution < 1.29 is 0 Å². The molecule has 1 unspecified atom stereocenters. The molecule has 0 aliphatic rings. The minimum atomic E-state index is 0.496. The Morgan fingerprint density at radius 3 is 2.92 bits per heavy atom. The van der Waals surface area contributed by atoms with Crippen LogP contribution < -0.4 is 5.73 Å². The second kappa shape index (κ2) is 4.26. The average molecular weight is 167 g/mol. The summed E-state index contributed by atoms with van der Waals surface area (Å²) in [7, 11) is 0. The van der Waals surface area contributed by atoms with Crippen LogP contribution in [0.2, 0.25) is 0 Å². The highest BCUT2D eigenvalue weighted by molar-refractivity contribution is 5.03. The summed E-state index contributed by atoms with van der Waals surface area (Å²) in [6.45, 7) is 4.94. The maximum absolute atomic E-state index is 5.48. The van der Waals surface area contributed by atoms with Gasteiger partial charge in [-0.15, -0.1) is 0 Å². The van der Waals surface area contributed by atoms with E-state index in [1.807, 2.05) is 17.1 Å². The van der Waals surface area contributed by atoms with Gasteiger partial charge in [0.2, 0.25) is 0 Å². The average Bonchev–Trinajstić information content (AvgIpc) is 2.52. The third kappa shape index (κ3) is 2.08. The summed E-state index contributed by atoms with van der Waals surface area (Å²) in [5.41, 5.74) is 6.59. The first-order chi connectivity index (χ1) is 5.77. The fraction of sp³-hybridized carbons (Fsp3) is 0.667. The molecule has 1 rings (SSSR count). The smallest absolute Gasteiger partial charge is 0.0534 e. The van der Waals surface area contributed by atoms with E-state index in [0.29, 0.717) is 12.6 Å². The molecular formula is C9H17N3. The topological polar surface area (TPSA) is 43.8 Å². The first-order valence-corrected chi connectivity index (χ1v) is 4.51. The number of hydrogen-bond donors (Lipinski definition) is 1. The van der Waals surface area contributed by atoms with E-state index >= 15 is 0 Å². The number of hydrogen-bond acceptors (Lipinski definition) is 2. The van der Waals surface area contributed by atoms with E-state index in [1.54, 1.807) is 0 Å². The normalized spacial score (nSPS) is 13.2. The van der Waals surface area contributed by atoms with E-state index in [9.17, 15) is 0 Å². The largest absolute Gasteiger partial charge is 0.326 e. The Hall–Kier alpha value is -0.830. The summed E-state index contributed by atoms with van der Waals surface area (Å²) in [5.74, 6) is 0. The van der Waals surface area contributed by atoms with Gasteiger partial charge in [-0.25, -0.2) is 0 Å². The molecule has 0 fully saturated rings. The molecule has 0 amide bonds. The monoisotopic (exact) mass is 167 g/mol. The summed E-state index contributed by atoms with van der Waals surface area (Å²) in [4.78, 5) is 0. The van der Waals surface area contributed by atoms with Gasteiger partial charge in [-0.1, -0.05) is 13.3 Å². The van der Waals surface area contributed by atoms with Crippen LogP contribution in [0.15, 0.2) is 12.4 Å². The van der Waals surface area contributed by atoms with Crippen molar-refractivity contribution in [2.45, 2.75) is 39.3 Å². The van der Waals surface area contributed by atoms with Gasteiger partial charge in [0.05, 0.1) is 6.20 Å². The Morgan fingerprint density at radius 1 is 1.67 bits per heavy atom. The van der Waals surface area contributed by atoms with Gasteiger partial charge in [0.15, 0.2) is 0 Å². The van der Waals surface area contributed by atoms with E-state index < -0.39 is 0 Å². The number of nitrogens with two attached hydrogens (primary N) is 1. The molecule has 0 spiro atoms. The highest BCUT2D eigenvalue weighted by Gasteiger charge is 2.03. The van der Waals surface area contributed by atoms with Gasteiger partial charge in [-0.3, -0.25) is 4.68 Å². The van der Waals surface area contributed by atoms with Crippen molar-refractivity contribution in [3.05, 3.63) is 18.0 Å². The number of rotatable bonds is 4. The predicted molar refractivity (Wildman–Crippen MR) is 49.7 cm³/mol. The molecule has 0 saturated carbocycles. The molecule has 0 saturated heterocycles.